The SMILES string of the molecule is COc1cc(/C=C2\SC(=Nc3ccccc3)NC2=O)cc(Br)c1OC(=O)c1ccccc1. The van der Waals surface area contributed by atoms with E-state index in [2.05, 4.69) is 26.2 Å². The Hall–Kier alpha value is -3.36. The van der Waals surface area contributed by atoms with Crippen molar-refractivity contribution in [2.24, 2.45) is 4.99 Å². The Labute approximate surface area is 197 Å². The monoisotopic (exact) mass is 508 g/mol. The number of ether oxygens (including phenoxy) is 2. The number of carbonyl (C=O) groups excluding carboxylic acids is 2. The molecular weight excluding hydrogens is 492 g/mol. The highest BCUT2D eigenvalue weighted by Gasteiger charge is 2.24. The molecule has 160 valence electrons. The first kappa shape index (κ1) is 21.9. The lowest BCUT2D eigenvalue weighted by Gasteiger charge is -2.12. The maximum atomic E-state index is 12.4. The summed E-state index contributed by atoms with van der Waals surface area (Å²) in [5.41, 5.74) is 1.88. The first-order valence-corrected chi connectivity index (χ1v) is 11.1. The fourth-order valence-corrected chi connectivity index (χ4v) is 4.28. The van der Waals surface area contributed by atoms with Crippen LogP contribution >= 0.6 is 27.7 Å². The second kappa shape index (κ2) is 9.84. The molecule has 1 amide bonds. The first-order chi connectivity index (χ1) is 15.5. The van der Waals surface area contributed by atoms with Crippen LogP contribution in [-0.4, -0.2) is 24.2 Å². The molecule has 0 aliphatic carbocycles. The molecule has 32 heavy (non-hydrogen) atoms. The molecule has 1 aliphatic rings. The van der Waals surface area contributed by atoms with Crippen molar-refractivity contribution in [2.45, 2.75) is 0 Å². The Bertz CT molecular complexity index is 1230. The predicted octanol–water partition coefficient (Wildman–Crippen LogP) is 5.57. The van der Waals surface area contributed by atoms with E-state index in [1.54, 1.807) is 42.5 Å². The van der Waals surface area contributed by atoms with Gasteiger partial charge in [-0.3, -0.25) is 4.79 Å². The van der Waals surface area contributed by atoms with Gasteiger partial charge in [-0.15, -0.1) is 0 Å². The van der Waals surface area contributed by atoms with Crippen LogP contribution in [0.25, 0.3) is 6.08 Å². The minimum absolute atomic E-state index is 0.237. The highest BCUT2D eigenvalue weighted by molar-refractivity contribution is 9.10. The van der Waals surface area contributed by atoms with Crippen molar-refractivity contribution < 1.29 is 19.1 Å². The molecule has 8 heteroatoms. The third-order valence-corrected chi connectivity index (χ3v) is 5.89. The Kier molecular flexibility index (Phi) is 6.72. The maximum absolute atomic E-state index is 12.4. The van der Waals surface area contributed by atoms with Gasteiger partial charge < -0.3 is 14.8 Å². The largest absolute Gasteiger partial charge is 0.493 e. The summed E-state index contributed by atoms with van der Waals surface area (Å²) in [4.78, 5) is 29.8. The molecule has 1 aliphatic heterocycles. The van der Waals surface area contributed by atoms with Crippen molar-refractivity contribution in [1.82, 2.24) is 5.32 Å². The van der Waals surface area contributed by atoms with Gasteiger partial charge in [0, 0.05) is 0 Å². The van der Waals surface area contributed by atoms with E-state index in [1.807, 2.05) is 36.4 Å². The third-order valence-electron chi connectivity index (χ3n) is 4.39. The number of carbonyl (C=O) groups is 2. The van der Waals surface area contributed by atoms with Gasteiger partial charge in [-0.05, 0) is 75.7 Å². The molecule has 6 nitrogen and oxygen atoms in total. The number of hydrogen-bond acceptors (Lipinski definition) is 6. The molecule has 0 radical (unpaired) electrons. The lowest BCUT2D eigenvalue weighted by atomic mass is 10.1. The molecule has 3 aromatic rings. The van der Waals surface area contributed by atoms with E-state index in [0.29, 0.717) is 31.4 Å². The molecule has 0 aromatic heterocycles. The van der Waals surface area contributed by atoms with Crippen LogP contribution in [0.1, 0.15) is 15.9 Å². The van der Waals surface area contributed by atoms with Gasteiger partial charge in [0.2, 0.25) is 0 Å². The molecule has 0 bridgehead atoms. The number of amidine groups is 1. The van der Waals surface area contributed by atoms with Crippen molar-refractivity contribution in [3.63, 3.8) is 0 Å². The molecule has 0 unspecified atom stereocenters. The number of thioether (sulfide) groups is 1. The number of nitrogens with zero attached hydrogens (tertiary/aromatic N) is 1. The van der Waals surface area contributed by atoms with E-state index < -0.39 is 5.97 Å². The molecule has 0 saturated carbocycles. The fourth-order valence-electron chi connectivity index (χ4n) is 2.90. The van der Waals surface area contributed by atoms with E-state index in [4.69, 9.17) is 9.47 Å². The maximum Gasteiger partial charge on any atom is 0.343 e. The van der Waals surface area contributed by atoms with Crippen LogP contribution in [-0.2, 0) is 4.79 Å². The number of halogens is 1. The van der Waals surface area contributed by atoms with Gasteiger partial charge in [-0.2, -0.15) is 0 Å². The number of benzene rings is 3. The van der Waals surface area contributed by atoms with E-state index in [9.17, 15) is 9.59 Å². The summed E-state index contributed by atoms with van der Waals surface area (Å²) >= 11 is 4.69. The molecule has 0 spiro atoms. The van der Waals surface area contributed by atoms with Crippen LogP contribution in [0.15, 0.2) is 87.2 Å². The predicted molar refractivity (Wildman–Crippen MR) is 129 cm³/mol. The molecule has 4 rings (SSSR count). The average molecular weight is 509 g/mol. The minimum Gasteiger partial charge on any atom is -0.493 e. The zero-order valence-electron chi connectivity index (χ0n) is 16.9. The summed E-state index contributed by atoms with van der Waals surface area (Å²) < 4.78 is 11.5. The van der Waals surface area contributed by atoms with E-state index in [1.165, 1.54) is 18.9 Å². The topological polar surface area (TPSA) is 77.0 Å². The van der Waals surface area contributed by atoms with Crippen molar-refractivity contribution >= 4 is 56.5 Å². The number of aliphatic imine (C=N–C) groups is 1. The van der Waals surface area contributed by atoms with Gasteiger partial charge in [-0.25, -0.2) is 9.79 Å². The zero-order chi connectivity index (χ0) is 22.5. The highest BCUT2D eigenvalue weighted by Crippen LogP contribution is 2.38. The Morgan fingerprint density at radius 1 is 1.06 bits per heavy atom. The summed E-state index contributed by atoms with van der Waals surface area (Å²) in [6.45, 7) is 0. The van der Waals surface area contributed by atoms with E-state index >= 15 is 0 Å². The van der Waals surface area contributed by atoms with Gasteiger partial charge in [0.25, 0.3) is 5.91 Å². The molecule has 1 N–H and O–H groups in total. The molecule has 0 atom stereocenters. The van der Waals surface area contributed by atoms with Gasteiger partial charge in [0.15, 0.2) is 16.7 Å². The summed E-state index contributed by atoms with van der Waals surface area (Å²) in [5, 5.41) is 3.27. The van der Waals surface area contributed by atoms with Crippen molar-refractivity contribution in [1.29, 1.82) is 0 Å². The summed E-state index contributed by atoms with van der Waals surface area (Å²) in [6.07, 6.45) is 1.73. The van der Waals surface area contributed by atoms with E-state index in [-0.39, 0.29) is 11.7 Å². The van der Waals surface area contributed by atoms with Crippen molar-refractivity contribution in [3.8, 4) is 11.5 Å². The molecule has 1 heterocycles. The smallest absolute Gasteiger partial charge is 0.343 e. The van der Waals surface area contributed by atoms with Crippen LogP contribution in [0.3, 0.4) is 0 Å². The van der Waals surface area contributed by atoms with Crippen LogP contribution < -0.4 is 14.8 Å². The fraction of sp³-hybridized carbons (Fsp3) is 0.0417. The molecule has 1 fully saturated rings. The minimum atomic E-state index is -0.497. The highest BCUT2D eigenvalue weighted by atomic mass is 79.9. The Morgan fingerprint density at radius 3 is 2.44 bits per heavy atom. The second-order valence-electron chi connectivity index (χ2n) is 6.61. The second-order valence-corrected chi connectivity index (χ2v) is 8.49. The van der Waals surface area contributed by atoms with Gasteiger partial charge >= 0.3 is 5.97 Å². The van der Waals surface area contributed by atoms with Crippen LogP contribution in [0.4, 0.5) is 5.69 Å². The Morgan fingerprint density at radius 2 is 1.75 bits per heavy atom. The molecular formula is C24H17BrN2O4S. The van der Waals surface area contributed by atoms with Gasteiger partial charge in [0.1, 0.15) is 0 Å². The summed E-state index contributed by atoms with van der Waals surface area (Å²) in [5.74, 6) is -0.113. The lowest BCUT2D eigenvalue weighted by molar-refractivity contribution is -0.115. The lowest BCUT2D eigenvalue weighted by Crippen LogP contribution is -2.19. The number of methoxy groups -OCH3 is 1. The van der Waals surface area contributed by atoms with E-state index in [0.717, 1.165) is 5.69 Å². The van der Waals surface area contributed by atoms with Crippen LogP contribution in [0.2, 0.25) is 0 Å². The van der Waals surface area contributed by atoms with Gasteiger partial charge in [-0.1, -0.05) is 36.4 Å². The number of para-hydroxylation sites is 1. The van der Waals surface area contributed by atoms with Crippen LogP contribution in [0.5, 0.6) is 11.5 Å². The number of nitrogens with one attached hydrogen (secondary N) is 1. The van der Waals surface area contributed by atoms with Crippen molar-refractivity contribution in [2.75, 3.05) is 7.11 Å². The number of amides is 1. The molecule has 3 aromatic carbocycles. The van der Waals surface area contributed by atoms with Crippen LogP contribution in [0, 0.1) is 0 Å². The zero-order valence-corrected chi connectivity index (χ0v) is 19.3. The van der Waals surface area contributed by atoms with Crippen molar-refractivity contribution in [3.05, 3.63) is 93.3 Å². The average Bonchev–Trinajstić information content (AvgIpc) is 3.14. The first-order valence-electron chi connectivity index (χ1n) is 9.53. The Balaban J connectivity index is 1.57. The normalized spacial score (nSPS) is 15.6. The van der Waals surface area contributed by atoms with Gasteiger partial charge in [0.05, 0.1) is 27.7 Å². The third kappa shape index (κ3) is 5.09. The summed E-state index contributed by atoms with van der Waals surface area (Å²) in [7, 11) is 1.49. The summed E-state index contributed by atoms with van der Waals surface area (Å²) in [6, 6.07) is 21.5. The number of esters is 1. The standard InChI is InChI=1S/C24H17BrN2O4S/c1-30-19-13-15(12-18(25)21(19)31-23(29)16-8-4-2-5-9-16)14-20-22(28)27-24(32-20)26-17-10-6-3-7-11-17/h2-14H,1H3,(H,26,27,28)/b20-14-. The quantitative estimate of drug-likeness (QED) is 0.277. The number of hydrogen-bond donors (Lipinski definition) is 1. The molecule has 1 saturated heterocycles. The number of rotatable bonds is 5.